The Bertz CT molecular complexity index is 650. The highest BCUT2D eigenvalue weighted by Gasteiger charge is 2.06. The smallest absolute Gasteiger partial charge is 0.335 e. The Morgan fingerprint density at radius 1 is 1.15 bits per heavy atom. The van der Waals surface area contributed by atoms with Crippen LogP contribution < -0.4 is 4.74 Å². The van der Waals surface area contributed by atoms with Gasteiger partial charge < -0.3 is 9.84 Å². The molecule has 0 atom stereocenters. The summed E-state index contributed by atoms with van der Waals surface area (Å²) in [5, 5.41) is 8.93. The van der Waals surface area contributed by atoms with Crippen LogP contribution in [0.4, 0.5) is 0 Å². The monoisotopic (exact) mass is 334 g/mol. The molecule has 0 fully saturated rings. The summed E-state index contributed by atoms with van der Waals surface area (Å²) < 4.78 is 6.79. The topological polar surface area (TPSA) is 46.5 Å². The summed E-state index contributed by atoms with van der Waals surface area (Å²) in [6, 6.07) is 10.9. The number of carboxylic acids is 1. The van der Waals surface area contributed by atoms with Crippen molar-refractivity contribution in [1.82, 2.24) is 0 Å². The van der Waals surface area contributed by atoms with Crippen LogP contribution in [0.5, 0.6) is 5.75 Å². The van der Waals surface area contributed by atoms with Gasteiger partial charge in [0.15, 0.2) is 0 Å². The van der Waals surface area contributed by atoms with E-state index in [9.17, 15) is 4.79 Å². The third-order valence-electron chi connectivity index (χ3n) is 3.11. The maximum atomic E-state index is 10.9. The van der Waals surface area contributed by atoms with Crippen molar-refractivity contribution >= 4 is 21.9 Å². The van der Waals surface area contributed by atoms with Gasteiger partial charge in [-0.1, -0.05) is 22.0 Å². The molecule has 0 saturated carbocycles. The predicted molar refractivity (Wildman–Crippen MR) is 81.3 cm³/mol. The SMILES string of the molecule is Cc1cc(OCc2ccc(C(=O)O)cc2C)ccc1Br. The molecule has 0 saturated heterocycles. The predicted octanol–water partition coefficient (Wildman–Crippen LogP) is 4.34. The summed E-state index contributed by atoms with van der Waals surface area (Å²) >= 11 is 3.45. The first-order chi connectivity index (χ1) is 9.47. The minimum atomic E-state index is -0.913. The molecule has 0 spiro atoms. The maximum absolute atomic E-state index is 10.9. The van der Waals surface area contributed by atoms with Gasteiger partial charge in [0.25, 0.3) is 0 Å². The Labute approximate surface area is 126 Å². The highest BCUT2D eigenvalue weighted by Crippen LogP contribution is 2.23. The van der Waals surface area contributed by atoms with Crippen LogP contribution in [0.1, 0.15) is 27.0 Å². The van der Waals surface area contributed by atoms with Gasteiger partial charge >= 0.3 is 5.97 Å². The molecular weight excluding hydrogens is 320 g/mol. The fourth-order valence-corrected chi connectivity index (χ4v) is 2.11. The van der Waals surface area contributed by atoms with Gasteiger partial charge in [-0.3, -0.25) is 0 Å². The molecule has 0 aliphatic rings. The highest BCUT2D eigenvalue weighted by molar-refractivity contribution is 9.10. The van der Waals surface area contributed by atoms with E-state index in [1.54, 1.807) is 18.2 Å². The first kappa shape index (κ1) is 14.6. The lowest BCUT2D eigenvalue weighted by Gasteiger charge is -2.10. The van der Waals surface area contributed by atoms with Gasteiger partial charge in [0.1, 0.15) is 12.4 Å². The number of benzene rings is 2. The lowest BCUT2D eigenvalue weighted by molar-refractivity contribution is 0.0696. The number of carboxylic acid groups (broad SMARTS) is 1. The van der Waals surface area contributed by atoms with Gasteiger partial charge in [0.05, 0.1) is 5.56 Å². The Kier molecular flexibility index (Phi) is 4.45. The van der Waals surface area contributed by atoms with Crippen LogP contribution in [0.15, 0.2) is 40.9 Å². The van der Waals surface area contributed by atoms with Gasteiger partial charge in [-0.15, -0.1) is 0 Å². The molecule has 0 aromatic heterocycles. The average molecular weight is 335 g/mol. The van der Waals surface area contributed by atoms with Gasteiger partial charge in [0.2, 0.25) is 0 Å². The maximum Gasteiger partial charge on any atom is 0.335 e. The fourth-order valence-electron chi connectivity index (χ4n) is 1.86. The van der Waals surface area contributed by atoms with Crippen LogP contribution >= 0.6 is 15.9 Å². The molecule has 0 aliphatic heterocycles. The van der Waals surface area contributed by atoms with Crippen LogP contribution in [0.3, 0.4) is 0 Å². The number of hydrogen-bond acceptors (Lipinski definition) is 2. The molecule has 0 radical (unpaired) electrons. The Morgan fingerprint density at radius 3 is 2.50 bits per heavy atom. The van der Waals surface area contributed by atoms with Crippen molar-refractivity contribution in [3.63, 3.8) is 0 Å². The van der Waals surface area contributed by atoms with E-state index in [2.05, 4.69) is 15.9 Å². The summed E-state index contributed by atoms with van der Waals surface area (Å²) in [7, 11) is 0. The van der Waals surface area contributed by atoms with Crippen molar-refractivity contribution in [2.24, 2.45) is 0 Å². The van der Waals surface area contributed by atoms with E-state index < -0.39 is 5.97 Å². The number of aromatic carboxylic acids is 1. The van der Waals surface area contributed by atoms with Crippen LogP contribution in [-0.2, 0) is 6.61 Å². The van der Waals surface area contributed by atoms with Gasteiger partial charge in [-0.2, -0.15) is 0 Å². The van der Waals surface area contributed by atoms with Crippen molar-refractivity contribution in [2.75, 3.05) is 0 Å². The molecular formula is C16H15BrO3. The number of rotatable bonds is 4. The second-order valence-electron chi connectivity index (χ2n) is 4.65. The van der Waals surface area contributed by atoms with E-state index >= 15 is 0 Å². The quantitative estimate of drug-likeness (QED) is 0.904. The molecule has 0 amide bonds. The van der Waals surface area contributed by atoms with Crippen molar-refractivity contribution in [3.05, 3.63) is 63.1 Å². The van der Waals surface area contributed by atoms with Crippen LogP contribution in [-0.4, -0.2) is 11.1 Å². The fraction of sp³-hybridized carbons (Fsp3) is 0.188. The highest BCUT2D eigenvalue weighted by atomic mass is 79.9. The minimum Gasteiger partial charge on any atom is -0.489 e. The van der Waals surface area contributed by atoms with E-state index in [-0.39, 0.29) is 0 Å². The second kappa shape index (κ2) is 6.09. The standard InChI is InChI=1S/C16H15BrO3/c1-10-7-12(16(18)19)3-4-13(10)9-20-14-5-6-15(17)11(2)8-14/h3-8H,9H2,1-2H3,(H,18,19). The second-order valence-corrected chi connectivity index (χ2v) is 5.50. The minimum absolute atomic E-state index is 0.297. The normalized spacial score (nSPS) is 10.3. The largest absolute Gasteiger partial charge is 0.489 e. The number of carbonyl (C=O) groups is 1. The molecule has 2 rings (SSSR count). The van der Waals surface area contributed by atoms with Crippen LogP contribution in [0.25, 0.3) is 0 Å². The zero-order valence-corrected chi connectivity index (χ0v) is 12.9. The molecule has 20 heavy (non-hydrogen) atoms. The third kappa shape index (κ3) is 3.39. The Morgan fingerprint density at radius 2 is 1.90 bits per heavy atom. The number of halogens is 1. The van der Waals surface area contributed by atoms with Gasteiger partial charge in [0, 0.05) is 4.47 Å². The van der Waals surface area contributed by atoms with E-state index in [4.69, 9.17) is 9.84 Å². The molecule has 0 aliphatic carbocycles. The molecule has 1 N–H and O–H groups in total. The van der Waals surface area contributed by atoms with Crippen LogP contribution in [0, 0.1) is 13.8 Å². The lowest BCUT2D eigenvalue weighted by Crippen LogP contribution is -2.02. The Balaban J connectivity index is 2.10. The van der Waals surface area contributed by atoms with Crippen LogP contribution in [0.2, 0.25) is 0 Å². The molecule has 0 heterocycles. The number of aryl methyl sites for hydroxylation is 2. The molecule has 2 aromatic carbocycles. The van der Waals surface area contributed by atoms with Crippen molar-refractivity contribution in [1.29, 1.82) is 0 Å². The summed E-state index contributed by atoms with van der Waals surface area (Å²) in [5.74, 6) is -0.114. The summed E-state index contributed by atoms with van der Waals surface area (Å²) in [6.45, 7) is 4.31. The average Bonchev–Trinajstić information content (AvgIpc) is 2.41. The first-order valence-corrected chi connectivity index (χ1v) is 6.98. The zero-order valence-electron chi connectivity index (χ0n) is 11.3. The van der Waals surface area contributed by atoms with E-state index in [1.165, 1.54) is 0 Å². The zero-order chi connectivity index (χ0) is 14.7. The van der Waals surface area contributed by atoms with Crippen molar-refractivity contribution in [3.8, 4) is 5.75 Å². The van der Waals surface area contributed by atoms with E-state index in [1.807, 2.05) is 32.0 Å². The van der Waals surface area contributed by atoms with Crippen molar-refractivity contribution < 1.29 is 14.6 Å². The summed E-state index contributed by atoms with van der Waals surface area (Å²) in [5.41, 5.74) is 3.31. The van der Waals surface area contributed by atoms with Gasteiger partial charge in [-0.05, 0) is 60.9 Å². The molecule has 4 heteroatoms. The number of hydrogen-bond donors (Lipinski definition) is 1. The molecule has 2 aromatic rings. The Hall–Kier alpha value is -1.81. The van der Waals surface area contributed by atoms with E-state index in [0.717, 1.165) is 26.9 Å². The van der Waals surface area contributed by atoms with Crippen molar-refractivity contribution in [2.45, 2.75) is 20.5 Å². The summed E-state index contributed by atoms with van der Waals surface area (Å²) in [4.78, 5) is 10.9. The molecule has 104 valence electrons. The first-order valence-electron chi connectivity index (χ1n) is 6.19. The molecule has 3 nitrogen and oxygen atoms in total. The summed E-state index contributed by atoms with van der Waals surface area (Å²) in [6.07, 6.45) is 0. The molecule has 0 unspecified atom stereocenters. The third-order valence-corrected chi connectivity index (χ3v) is 4.00. The molecule has 0 bridgehead atoms. The van der Waals surface area contributed by atoms with E-state index in [0.29, 0.717) is 12.2 Å². The number of ether oxygens (including phenoxy) is 1. The lowest BCUT2D eigenvalue weighted by atomic mass is 10.1. The van der Waals surface area contributed by atoms with Gasteiger partial charge in [-0.25, -0.2) is 4.79 Å².